The summed E-state index contributed by atoms with van der Waals surface area (Å²) in [6, 6.07) is 7.06. The van der Waals surface area contributed by atoms with Gasteiger partial charge in [-0.05, 0) is 30.0 Å². The van der Waals surface area contributed by atoms with Crippen molar-refractivity contribution in [2.45, 2.75) is 17.1 Å². The van der Waals surface area contributed by atoms with E-state index in [0.29, 0.717) is 19.4 Å². The molecule has 0 spiro atoms. The number of thiophene rings is 1. The molecule has 1 N–H and O–H groups in total. The van der Waals surface area contributed by atoms with E-state index in [9.17, 15) is 17.6 Å². The molecule has 0 radical (unpaired) electrons. The van der Waals surface area contributed by atoms with E-state index in [2.05, 4.69) is 4.72 Å². The number of nitrogens with one attached hydrogen (secondary N) is 1. The number of hydrogen-bond donors (Lipinski definition) is 1. The molecule has 2 heterocycles. The van der Waals surface area contributed by atoms with Crippen LogP contribution in [0.25, 0.3) is 0 Å². The Bertz CT molecular complexity index is 804. The van der Waals surface area contributed by atoms with Crippen molar-refractivity contribution in [3.05, 3.63) is 41.5 Å². The summed E-state index contributed by atoms with van der Waals surface area (Å²) in [6.07, 6.45) is 1.11. The highest BCUT2D eigenvalue weighted by Gasteiger charge is 2.24. The van der Waals surface area contributed by atoms with Gasteiger partial charge in [0.25, 0.3) is 10.0 Å². The molecular weight excluding hydrogens is 327 g/mol. The van der Waals surface area contributed by atoms with Crippen molar-refractivity contribution in [1.29, 1.82) is 0 Å². The van der Waals surface area contributed by atoms with Crippen LogP contribution in [-0.4, -0.2) is 20.9 Å². The summed E-state index contributed by atoms with van der Waals surface area (Å²) in [7, 11) is -3.71. The molecule has 2 aromatic rings. The smallest absolute Gasteiger partial charge is 0.271 e. The molecule has 8 heteroatoms. The van der Waals surface area contributed by atoms with Gasteiger partial charge in [-0.3, -0.25) is 9.52 Å². The molecule has 5 nitrogen and oxygen atoms in total. The number of carbonyl (C=O) groups is 1. The van der Waals surface area contributed by atoms with E-state index in [1.165, 1.54) is 23.1 Å². The van der Waals surface area contributed by atoms with E-state index in [4.69, 9.17) is 0 Å². The van der Waals surface area contributed by atoms with Crippen LogP contribution in [0.1, 0.15) is 12.8 Å². The predicted octanol–water partition coefficient (Wildman–Crippen LogP) is 2.81. The molecule has 1 aromatic carbocycles. The van der Waals surface area contributed by atoms with Gasteiger partial charge < -0.3 is 4.90 Å². The molecule has 0 aliphatic carbocycles. The molecule has 3 rings (SSSR count). The third-order valence-electron chi connectivity index (χ3n) is 3.32. The molecule has 1 aromatic heterocycles. The number of anilines is 2. The number of sulfonamides is 1. The topological polar surface area (TPSA) is 66.5 Å². The van der Waals surface area contributed by atoms with Crippen LogP contribution in [0.4, 0.5) is 15.8 Å². The van der Waals surface area contributed by atoms with Crippen molar-refractivity contribution in [3.8, 4) is 0 Å². The fraction of sp³-hybridized carbons (Fsp3) is 0.214. The van der Waals surface area contributed by atoms with Gasteiger partial charge in [-0.2, -0.15) is 0 Å². The maximum Gasteiger partial charge on any atom is 0.271 e. The molecule has 0 atom stereocenters. The molecule has 0 saturated carbocycles. The van der Waals surface area contributed by atoms with Crippen molar-refractivity contribution >= 4 is 38.6 Å². The highest BCUT2D eigenvalue weighted by Crippen LogP contribution is 2.28. The number of halogens is 1. The highest BCUT2D eigenvalue weighted by molar-refractivity contribution is 7.94. The quantitative estimate of drug-likeness (QED) is 0.931. The number of carbonyl (C=O) groups excluding carboxylic acids is 1. The lowest BCUT2D eigenvalue weighted by atomic mass is 10.2. The zero-order chi connectivity index (χ0) is 15.7. The summed E-state index contributed by atoms with van der Waals surface area (Å²) in [5.41, 5.74) is 0.308. The van der Waals surface area contributed by atoms with Gasteiger partial charge in [0.1, 0.15) is 10.0 Å². The lowest BCUT2D eigenvalue weighted by molar-refractivity contribution is -0.117. The summed E-state index contributed by atoms with van der Waals surface area (Å²) in [6.45, 7) is 0.482. The normalized spacial score (nSPS) is 15.3. The van der Waals surface area contributed by atoms with Gasteiger partial charge in [0, 0.05) is 19.0 Å². The Morgan fingerprint density at radius 3 is 2.68 bits per heavy atom. The van der Waals surface area contributed by atoms with Crippen molar-refractivity contribution < 1.29 is 17.6 Å². The van der Waals surface area contributed by atoms with Crippen molar-refractivity contribution in [1.82, 2.24) is 0 Å². The second-order valence-corrected chi connectivity index (χ2v) is 7.71. The van der Waals surface area contributed by atoms with Crippen LogP contribution >= 0.6 is 11.3 Å². The van der Waals surface area contributed by atoms with Gasteiger partial charge in [0.15, 0.2) is 0 Å². The Morgan fingerprint density at radius 2 is 2.09 bits per heavy atom. The Labute approximate surface area is 131 Å². The number of amides is 1. The first-order valence-corrected chi connectivity index (χ1v) is 9.00. The van der Waals surface area contributed by atoms with Crippen molar-refractivity contribution in [3.63, 3.8) is 0 Å². The first-order valence-electron chi connectivity index (χ1n) is 6.63. The molecule has 1 amide bonds. The van der Waals surface area contributed by atoms with Gasteiger partial charge >= 0.3 is 0 Å². The van der Waals surface area contributed by atoms with Crippen LogP contribution < -0.4 is 9.62 Å². The van der Waals surface area contributed by atoms with Crippen molar-refractivity contribution in [2.24, 2.45) is 0 Å². The van der Waals surface area contributed by atoms with Crippen LogP contribution in [0.2, 0.25) is 0 Å². The predicted molar refractivity (Wildman–Crippen MR) is 83.1 cm³/mol. The first kappa shape index (κ1) is 15.0. The molecule has 0 bridgehead atoms. The second-order valence-electron chi connectivity index (χ2n) is 4.85. The monoisotopic (exact) mass is 340 g/mol. The van der Waals surface area contributed by atoms with Crippen LogP contribution in [-0.2, 0) is 14.8 Å². The van der Waals surface area contributed by atoms with E-state index in [1.807, 2.05) is 0 Å². The summed E-state index contributed by atoms with van der Waals surface area (Å²) >= 11 is 1.08. The summed E-state index contributed by atoms with van der Waals surface area (Å²) in [5.74, 6) is -0.743. The maximum absolute atomic E-state index is 14.2. The molecule has 1 aliphatic heterocycles. The third-order valence-corrected chi connectivity index (χ3v) is 6.10. The van der Waals surface area contributed by atoms with E-state index in [-0.39, 0.29) is 21.5 Å². The average molecular weight is 340 g/mol. The van der Waals surface area contributed by atoms with E-state index >= 15 is 0 Å². The lowest BCUT2D eigenvalue weighted by Gasteiger charge is -2.17. The van der Waals surface area contributed by atoms with E-state index < -0.39 is 15.8 Å². The minimum absolute atomic E-state index is 0.120. The number of nitrogens with zero attached hydrogens (tertiary/aromatic N) is 1. The fourth-order valence-electron chi connectivity index (χ4n) is 2.31. The maximum atomic E-state index is 14.2. The van der Waals surface area contributed by atoms with E-state index in [0.717, 1.165) is 17.4 Å². The molecule has 1 saturated heterocycles. The molecule has 1 aliphatic rings. The fourth-order valence-corrected chi connectivity index (χ4v) is 4.36. The Hall–Kier alpha value is -1.93. The zero-order valence-corrected chi connectivity index (χ0v) is 13.1. The minimum atomic E-state index is -3.71. The van der Waals surface area contributed by atoms with Crippen LogP contribution in [0.5, 0.6) is 0 Å². The van der Waals surface area contributed by atoms with Gasteiger partial charge in [-0.25, -0.2) is 12.8 Å². The molecule has 116 valence electrons. The number of benzene rings is 1. The zero-order valence-electron chi connectivity index (χ0n) is 11.5. The molecule has 22 heavy (non-hydrogen) atoms. The van der Waals surface area contributed by atoms with Crippen LogP contribution in [0.15, 0.2) is 39.9 Å². The van der Waals surface area contributed by atoms with Crippen LogP contribution in [0.3, 0.4) is 0 Å². The first-order chi connectivity index (χ1) is 10.5. The molecular formula is C14H13FN2O3S2. The highest BCUT2D eigenvalue weighted by atomic mass is 32.2. The van der Waals surface area contributed by atoms with Gasteiger partial charge in [0.2, 0.25) is 5.91 Å². The van der Waals surface area contributed by atoms with Crippen LogP contribution in [0, 0.1) is 5.82 Å². The lowest BCUT2D eigenvalue weighted by Crippen LogP contribution is -2.24. The molecule has 1 fully saturated rings. The van der Waals surface area contributed by atoms with Gasteiger partial charge in [-0.1, -0.05) is 6.07 Å². The Balaban J connectivity index is 1.85. The SMILES string of the molecule is O=C1CCCN1c1ccc(NS(=O)(=O)c2cccs2)cc1F. The summed E-state index contributed by atoms with van der Waals surface area (Å²) in [4.78, 5) is 13.0. The third kappa shape index (κ3) is 2.84. The van der Waals surface area contributed by atoms with Gasteiger partial charge in [0.05, 0.1) is 11.4 Å². The summed E-state index contributed by atoms with van der Waals surface area (Å²) in [5, 5.41) is 1.65. The number of hydrogen-bond acceptors (Lipinski definition) is 4. The molecule has 0 unspecified atom stereocenters. The van der Waals surface area contributed by atoms with E-state index in [1.54, 1.807) is 11.4 Å². The Morgan fingerprint density at radius 1 is 1.27 bits per heavy atom. The average Bonchev–Trinajstić information content (AvgIpc) is 3.10. The number of rotatable bonds is 4. The van der Waals surface area contributed by atoms with Gasteiger partial charge in [-0.15, -0.1) is 11.3 Å². The largest absolute Gasteiger partial charge is 0.310 e. The Kier molecular flexibility index (Phi) is 3.88. The summed E-state index contributed by atoms with van der Waals surface area (Å²) < 4.78 is 40.8. The van der Waals surface area contributed by atoms with Crippen molar-refractivity contribution in [2.75, 3.05) is 16.2 Å². The standard InChI is InChI=1S/C14H13FN2O3S2/c15-11-9-10(16-22(19,20)14-4-2-8-21-14)5-6-12(11)17-7-1-3-13(17)18/h2,4-6,8-9,16H,1,3,7H2. The minimum Gasteiger partial charge on any atom is -0.310 e. The second kappa shape index (κ2) is 5.69.